The van der Waals surface area contributed by atoms with E-state index in [1.54, 1.807) is 41.7 Å². The van der Waals surface area contributed by atoms with E-state index < -0.39 is 59.5 Å². The lowest BCUT2D eigenvalue weighted by molar-refractivity contribution is -0.127. The summed E-state index contributed by atoms with van der Waals surface area (Å²) < 4.78 is 25.7. The van der Waals surface area contributed by atoms with Crippen molar-refractivity contribution in [3.63, 3.8) is 0 Å². The smallest absolute Gasteiger partial charge is 0.407 e. The van der Waals surface area contributed by atoms with Crippen molar-refractivity contribution in [2.75, 3.05) is 13.7 Å². The molecule has 0 saturated heterocycles. The number of thiazole rings is 1. The number of alkyl carbamates (subject to hydrolysis) is 1. The highest BCUT2D eigenvalue weighted by Gasteiger charge is 2.36. The van der Waals surface area contributed by atoms with Crippen molar-refractivity contribution in [2.24, 2.45) is 5.41 Å². The number of aromatic nitrogens is 1. The number of hydrogen-bond acceptors (Lipinski definition) is 9. The number of amides is 3. The molecule has 0 unspecified atom stereocenters. The zero-order valence-electron chi connectivity index (χ0n) is 33.5. The fourth-order valence-electron chi connectivity index (χ4n) is 7.07. The number of carbonyl (C=O) groups excluding carboxylic acids is 3. The van der Waals surface area contributed by atoms with E-state index in [9.17, 15) is 24.6 Å². The van der Waals surface area contributed by atoms with Crippen LogP contribution >= 0.6 is 11.3 Å². The van der Waals surface area contributed by atoms with Crippen molar-refractivity contribution in [2.45, 2.75) is 109 Å². The van der Waals surface area contributed by atoms with Gasteiger partial charge in [0.2, 0.25) is 11.8 Å². The molecule has 0 radical (unpaired) electrons. The minimum atomic E-state index is -1.04. The molecule has 57 heavy (non-hydrogen) atoms. The molecule has 3 amide bonds. The van der Waals surface area contributed by atoms with E-state index in [-0.39, 0.29) is 31.8 Å². The van der Waals surface area contributed by atoms with Crippen LogP contribution in [0, 0.1) is 11.2 Å². The van der Waals surface area contributed by atoms with Gasteiger partial charge in [-0.2, -0.15) is 0 Å². The first-order valence-corrected chi connectivity index (χ1v) is 20.3. The highest BCUT2D eigenvalue weighted by Crippen LogP contribution is 2.34. The van der Waals surface area contributed by atoms with Crippen molar-refractivity contribution >= 4 is 29.2 Å². The summed E-state index contributed by atoms with van der Waals surface area (Å²) in [6.07, 6.45) is 0.340. The summed E-state index contributed by atoms with van der Waals surface area (Å²) in [4.78, 5) is 45.2. The van der Waals surface area contributed by atoms with E-state index in [1.807, 2.05) is 63.4 Å². The lowest BCUT2D eigenvalue weighted by atomic mass is 9.85. The van der Waals surface area contributed by atoms with Gasteiger partial charge in [-0.15, -0.1) is 11.3 Å². The van der Waals surface area contributed by atoms with Gasteiger partial charge >= 0.3 is 6.09 Å². The first-order valence-electron chi connectivity index (χ1n) is 19.5. The molecule has 13 heteroatoms. The Kier molecular flexibility index (Phi) is 14.8. The second-order valence-corrected chi connectivity index (χ2v) is 17.1. The van der Waals surface area contributed by atoms with Gasteiger partial charge in [-0.1, -0.05) is 102 Å². The molecule has 1 aliphatic rings. The van der Waals surface area contributed by atoms with E-state index in [2.05, 4.69) is 34.8 Å². The quantitative estimate of drug-likeness (QED) is 0.0797. The second kappa shape index (κ2) is 19.5. The topological polar surface area (TPSA) is 159 Å². The molecule has 11 nitrogen and oxygen atoms in total. The molecule has 5 rings (SSSR count). The van der Waals surface area contributed by atoms with Gasteiger partial charge in [-0.3, -0.25) is 9.59 Å². The normalized spacial score (nSPS) is 17.4. The maximum absolute atomic E-state index is 15.2. The third kappa shape index (κ3) is 11.6. The SMILES string of the molecule is COC(=O)N[C@H](C(=O)N[C@@H](Cc1ccc(-c2cnc(C(C)C)s2)cc1)[C@@H](O)CCC[C@H](CC(=O)N[C@H]1c2ccccc2OC[C@H]1O)c1ccccc1F)C(C)(C)C. The monoisotopic (exact) mass is 802 g/mol. The Bertz CT molecular complexity index is 1960. The largest absolute Gasteiger partial charge is 0.490 e. The minimum Gasteiger partial charge on any atom is -0.490 e. The number of methoxy groups -OCH3 is 1. The summed E-state index contributed by atoms with van der Waals surface area (Å²) >= 11 is 1.64. The lowest BCUT2D eigenvalue weighted by Gasteiger charge is -2.33. The van der Waals surface area contributed by atoms with Gasteiger partial charge in [0, 0.05) is 24.1 Å². The van der Waals surface area contributed by atoms with Gasteiger partial charge in [0.1, 0.15) is 30.3 Å². The molecule has 4 aromatic rings. The van der Waals surface area contributed by atoms with Crippen molar-refractivity contribution in [3.05, 3.63) is 107 Å². The lowest BCUT2D eigenvalue weighted by Crippen LogP contribution is -2.57. The number of aliphatic hydroxyl groups is 2. The van der Waals surface area contributed by atoms with Crippen LogP contribution in [0.2, 0.25) is 0 Å². The highest BCUT2D eigenvalue weighted by molar-refractivity contribution is 7.15. The fraction of sp³-hybridized carbons (Fsp3) is 0.455. The van der Waals surface area contributed by atoms with Gasteiger partial charge < -0.3 is 35.6 Å². The van der Waals surface area contributed by atoms with Crippen LogP contribution in [0.3, 0.4) is 0 Å². The summed E-state index contributed by atoms with van der Waals surface area (Å²) in [5.41, 5.74) is 2.25. The zero-order chi connectivity index (χ0) is 41.3. The number of benzene rings is 3. The number of aliphatic hydroxyl groups excluding tert-OH is 2. The van der Waals surface area contributed by atoms with Gasteiger partial charge in [-0.25, -0.2) is 14.2 Å². The molecular weight excluding hydrogens is 748 g/mol. The standard InChI is InChI=1S/C44H55FN4O7S/c1-26(2)42-46-24-37(57-42)28-20-18-27(19-21-28)22-33(47-41(53)40(44(3,4)5)49-43(54)55-6)34(50)16-11-12-29(30-13-7-9-15-32(30)45)23-38(52)48-39-31-14-8-10-17-36(31)56-25-35(39)51/h7-10,13-15,17-21,24,26,29,33-35,39-40,50-51H,11-12,16,22-23,25H2,1-6H3,(H,47,53)(H,48,52)(H,49,54)/t29-,33+,34+,35-,39+,40-/m1/s1. The molecule has 0 saturated carbocycles. The van der Waals surface area contributed by atoms with Crippen LogP contribution < -0.4 is 20.7 Å². The van der Waals surface area contributed by atoms with Crippen LogP contribution in [0.25, 0.3) is 10.4 Å². The maximum Gasteiger partial charge on any atom is 0.407 e. The molecule has 0 fully saturated rings. The van der Waals surface area contributed by atoms with E-state index in [0.717, 1.165) is 21.0 Å². The molecule has 6 atom stereocenters. The van der Waals surface area contributed by atoms with E-state index in [4.69, 9.17) is 9.47 Å². The molecule has 1 aromatic heterocycles. The fourth-order valence-corrected chi connectivity index (χ4v) is 8.00. The molecule has 2 heterocycles. The van der Waals surface area contributed by atoms with Crippen molar-refractivity contribution in [3.8, 4) is 16.2 Å². The summed E-state index contributed by atoms with van der Waals surface area (Å²) in [6, 6.07) is 19.0. The Hall–Kier alpha value is -4.85. The predicted molar refractivity (Wildman–Crippen MR) is 219 cm³/mol. The summed E-state index contributed by atoms with van der Waals surface area (Å²) in [5, 5.41) is 32.1. The number of hydrogen-bond donors (Lipinski definition) is 5. The number of nitrogens with one attached hydrogen (secondary N) is 3. The number of fused-ring (bicyclic) bond motifs is 1. The highest BCUT2D eigenvalue weighted by atomic mass is 32.1. The van der Waals surface area contributed by atoms with Gasteiger partial charge in [-0.05, 0) is 59.4 Å². The van der Waals surface area contributed by atoms with Crippen LogP contribution in [0.15, 0.2) is 79.0 Å². The number of carbonyl (C=O) groups is 3. The predicted octanol–water partition coefficient (Wildman–Crippen LogP) is 7.19. The van der Waals surface area contributed by atoms with E-state index >= 15 is 4.39 Å². The van der Waals surface area contributed by atoms with Gasteiger partial charge in [0.15, 0.2) is 0 Å². The number of rotatable bonds is 16. The van der Waals surface area contributed by atoms with Crippen LogP contribution in [0.1, 0.15) is 99.9 Å². The van der Waals surface area contributed by atoms with Crippen LogP contribution in [0.4, 0.5) is 9.18 Å². The molecule has 0 bridgehead atoms. The Morgan fingerprint density at radius 1 is 1.00 bits per heavy atom. The average molecular weight is 803 g/mol. The Balaban J connectivity index is 1.32. The molecule has 0 spiro atoms. The van der Waals surface area contributed by atoms with Crippen molar-refractivity contribution in [1.82, 2.24) is 20.9 Å². The Morgan fingerprint density at radius 3 is 2.37 bits per heavy atom. The third-order valence-electron chi connectivity index (χ3n) is 10.3. The van der Waals surface area contributed by atoms with Crippen molar-refractivity contribution < 1.29 is 38.5 Å². The number of nitrogens with zero attached hydrogens (tertiary/aromatic N) is 1. The van der Waals surface area contributed by atoms with Gasteiger partial charge in [0.05, 0.1) is 35.2 Å². The molecule has 306 valence electrons. The number of ether oxygens (including phenoxy) is 2. The summed E-state index contributed by atoms with van der Waals surface area (Å²) in [6.45, 7) is 9.70. The average Bonchev–Trinajstić information content (AvgIpc) is 3.68. The molecule has 1 aliphatic heterocycles. The first kappa shape index (κ1) is 43.3. The maximum atomic E-state index is 15.2. The van der Waals surface area contributed by atoms with Crippen LogP contribution in [0.5, 0.6) is 5.75 Å². The third-order valence-corrected chi connectivity index (χ3v) is 11.6. The molecular formula is C44H55FN4O7S. The van der Waals surface area contributed by atoms with Crippen LogP contribution in [-0.2, 0) is 20.7 Å². The molecule has 5 N–H and O–H groups in total. The summed E-state index contributed by atoms with van der Waals surface area (Å²) in [5.74, 6) is -0.904. The minimum absolute atomic E-state index is 0.0267. The molecule has 0 aliphatic carbocycles. The second-order valence-electron chi connectivity index (χ2n) is 16.1. The van der Waals surface area contributed by atoms with Gasteiger partial charge in [0.25, 0.3) is 0 Å². The summed E-state index contributed by atoms with van der Waals surface area (Å²) in [7, 11) is 1.23. The Morgan fingerprint density at radius 2 is 1.70 bits per heavy atom. The van der Waals surface area contributed by atoms with Crippen molar-refractivity contribution in [1.29, 1.82) is 0 Å². The zero-order valence-corrected chi connectivity index (χ0v) is 34.3. The Labute approximate surface area is 338 Å². The molecule has 3 aromatic carbocycles. The van der Waals surface area contributed by atoms with Crippen LogP contribution in [-0.4, -0.2) is 71.1 Å². The first-order chi connectivity index (χ1) is 27.1. The van der Waals surface area contributed by atoms with E-state index in [0.29, 0.717) is 35.6 Å². The van der Waals surface area contributed by atoms with E-state index in [1.165, 1.54) is 13.2 Å². The number of para-hydroxylation sites is 1. The number of halogens is 1.